The SMILES string of the molecule is CC(=O)N(C(C)C)C1CCC(NC(=O)[C@H](C)N)CC1. The molecule has 0 aliphatic heterocycles. The van der Waals surface area contributed by atoms with E-state index >= 15 is 0 Å². The van der Waals surface area contributed by atoms with Crippen LogP contribution in [0.4, 0.5) is 0 Å². The fourth-order valence-corrected chi connectivity index (χ4v) is 2.87. The van der Waals surface area contributed by atoms with Crippen molar-refractivity contribution < 1.29 is 9.59 Å². The molecule has 0 aromatic carbocycles. The van der Waals surface area contributed by atoms with E-state index in [9.17, 15) is 9.59 Å². The van der Waals surface area contributed by atoms with Gasteiger partial charge in [0.1, 0.15) is 0 Å². The van der Waals surface area contributed by atoms with Gasteiger partial charge in [0.2, 0.25) is 11.8 Å². The van der Waals surface area contributed by atoms with Crippen molar-refractivity contribution in [3.8, 4) is 0 Å². The van der Waals surface area contributed by atoms with Gasteiger partial charge in [0, 0.05) is 25.0 Å². The average molecular weight is 269 g/mol. The van der Waals surface area contributed by atoms with Gasteiger partial charge in [-0.1, -0.05) is 0 Å². The standard InChI is InChI=1S/C14H27N3O2/c1-9(2)17(11(4)18)13-7-5-12(6-8-13)16-14(19)10(3)15/h9-10,12-13H,5-8,15H2,1-4H3,(H,16,19)/t10-,12?,13?/m0/s1. The van der Waals surface area contributed by atoms with Gasteiger partial charge in [-0.05, 0) is 46.5 Å². The van der Waals surface area contributed by atoms with E-state index in [0.29, 0.717) is 6.04 Å². The molecule has 0 aromatic heterocycles. The number of hydrogen-bond acceptors (Lipinski definition) is 3. The molecular weight excluding hydrogens is 242 g/mol. The van der Waals surface area contributed by atoms with Crippen molar-refractivity contribution in [1.82, 2.24) is 10.2 Å². The Labute approximate surface area is 115 Å². The molecule has 1 aliphatic carbocycles. The molecule has 0 spiro atoms. The highest BCUT2D eigenvalue weighted by Gasteiger charge is 2.29. The predicted molar refractivity (Wildman–Crippen MR) is 75.5 cm³/mol. The largest absolute Gasteiger partial charge is 0.352 e. The van der Waals surface area contributed by atoms with E-state index in [1.54, 1.807) is 13.8 Å². The van der Waals surface area contributed by atoms with E-state index in [4.69, 9.17) is 5.73 Å². The van der Waals surface area contributed by atoms with Crippen LogP contribution in [0.15, 0.2) is 0 Å². The van der Waals surface area contributed by atoms with Crippen LogP contribution in [-0.2, 0) is 9.59 Å². The fourth-order valence-electron chi connectivity index (χ4n) is 2.87. The zero-order valence-electron chi connectivity index (χ0n) is 12.5. The van der Waals surface area contributed by atoms with Crippen molar-refractivity contribution in [3.63, 3.8) is 0 Å². The van der Waals surface area contributed by atoms with Crippen LogP contribution in [0.25, 0.3) is 0 Å². The summed E-state index contributed by atoms with van der Waals surface area (Å²) < 4.78 is 0. The molecule has 5 heteroatoms. The molecule has 0 saturated heterocycles. The molecule has 0 unspecified atom stereocenters. The van der Waals surface area contributed by atoms with Crippen LogP contribution in [-0.4, -0.2) is 40.9 Å². The third kappa shape index (κ3) is 4.49. The van der Waals surface area contributed by atoms with Crippen molar-refractivity contribution in [3.05, 3.63) is 0 Å². The van der Waals surface area contributed by atoms with Crippen molar-refractivity contribution in [2.24, 2.45) is 5.73 Å². The lowest BCUT2D eigenvalue weighted by atomic mass is 9.89. The number of nitrogens with two attached hydrogens (primary N) is 1. The monoisotopic (exact) mass is 269 g/mol. The van der Waals surface area contributed by atoms with Crippen LogP contribution >= 0.6 is 0 Å². The van der Waals surface area contributed by atoms with Gasteiger partial charge in [0.05, 0.1) is 6.04 Å². The van der Waals surface area contributed by atoms with Crippen LogP contribution in [0, 0.1) is 0 Å². The van der Waals surface area contributed by atoms with Gasteiger partial charge in [-0.15, -0.1) is 0 Å². The maximum absolute atomic E-state index is 11.7. The average Bonchev–Trinajstić information content (AvgIpc) is 2.30. The zero-order valence-corrected chi connectivity index (χ0v) is 12.5. The molecule has 0 aromatic rings. The molecule has 2 amide bonds. The summed E-state index contributed by atoms with van der Waals surface area (Å²) in [6, 6.07) is 0.288. The molecule has 0 bridgehead atoms. The molecule has 1 aliphatic rings. The molecule has 5 nitrogen and oxygen atoms in total. The number of amides is 2. The number of nitrogens with one attached hydrogen (secondary N) is 1. The number of rotatable bonds is 4. The molecule has 0 heterocycles. The lowest BCUT2D eigenvalue weighted by molar-refractivity contribution is -0.134. The van der Waals surface area contributed by atoms with Crippen LogP contribution < -0.4 is 11.1 Å². The molecule has 1 fully saturated rings. The second kappa shape index (κ2) is 6.89. The Morgan fingerprint density at radius 3 is 2.05 bits per heavy atom. The van der Waals surface area contributed by atoms with Gasteiger partial charge < -0.3 is 16.0 Å². The second-order valence-corrected chi connectivity index (χ2v) is 5.82. The summed E-state index contributed by atoms with van der Waals surface area (Å²) in [5, 5.41) is 2.97. The van der Waals surface area contributed by atoms with E-state index < -0.39 is 6.04 Å². The quantitative estimate of drug-likeness (QED) is 0.800. The molecule has 110 valence electrons. The molecule has 19 heavy (non-hydrogen) atoms. The van der Waals surface area contributed by atoms with Crippen molar-refractivity contribution in [1.29, 1.82) is 0 Å². The van der Waals surface area contributed by atoms with E-state index in [1.807, 2.05) is 18.7 Å². The zero-order chi connectivity index (χ0) is 14.6. The highest BCUT2D eigenvalue weighted by atomic mass is 16.2. The molecule has 1 atom stereocenters. The molecular formula is C14H27N3O2. The minimum atomic E-state index is -0.456. The highest BCUT2D eigenvalue weighted by Crippen LogP contribution is 2.24. The Balaban J connectivity index is 2.48. The van der Waals surface area contributed by atoms with Gasteiger partial charge in [-0.25, -0.2) is 0 Å². The first-order valence-electron chi connectivity index (χ1n) is 7.17. The van der Waals surface area contributed by atoms with E-state index in [2.05, 4.69) is 5.32 Å². The Morgan fingerprint density at radius 2 is 1.68 bits per heavy atom. The summed E-state index contributed by atoms with van der Waals surface area (Å²) in [4.78, 5) is 25.2. The lowest BCUT2D eigenvalue weighted by Gasteiger charge is -2.39. The Bertz CT molecular complexity index is 321. The Hall–Kier alpha value is -1.10. The van der Waals surface area contributed by atoms with Gasteiger partial charge in [-0.2, -0.15) is 0 Å². The van der Waals surface area contributed by atoms with E-state index in [1.165, 1.54) is 0 Å². The number of hydrogen-bond donors (Lipinski definition) is 2. The van der Waals surface area contributed by atoms with Crippen molar-refractivity contribution >= 4 is 11.8 Å². The Kier molecular flexibility index (Phi) is 5.79. The first kappa shape index (κ1) is 16.0. The summed E-state index contributed by atoms with van der Waals surface area (Å²) in [7, 11) is 0. The maximum atomic E-state index is 11.7. The minimum Gasteiger partial charge on any atom is -0.352 e. The summed E-state index contributed by atoms with van der Waals surface area (Å²) in [6.07, 6.45) is 3.72. The van der Waals surface area contributed by atoms with Crippen molar-refractivity contribution in [2.75, 3.05) is 0 Å². The number of carbonyl (C=O) groups is 2. The topological polar surface area (TPSA) is 75.4 Å². The molecule has 3 N–H and O–H groups in total. The third-order valence-electron chi connectivity index (χ3n) is 3.77. The second-order valence-electron chi connectivity index (χ2n) is 5.82. The normalized spacial score (nSPS) is 24.9. The van der Waals surface area contributed by atoms with Gasteiger partial charge in [0.15, 0.2) is 0 Å². The van der Waals surface area contributed by atoms with Crippen LogP contribution in [0.1, 0.15) is 53.4 Å². The molecule has 1 rings (SSSR count). The van der Waals surface area contributed by atoms with Gasteiger partial charge in [-0.3, -0.25) is 9.59 Å². The van der Waals surface area contributed by atoms with Crippen LogP contribution in [0.3, 0.4) is 0 Å². The van der Waals surface area contributed by atoms with Crippen LogP contribution in [0.5, 0.6) is 0 Å². The first-order valence-corrected chi connectivity index (χ1v) is 7.17. The maximum Gasteiger partial charge on any atom is 0.236 e. The summed E-state index contributed by atoms with van der Waals surface area (Å²) in [5.74, 6) is 0.0498. The summed E-state index contributed by atoms with van der Waals surface area (Å²) in [5.41, 5.74) is 5.54. The summed E-state index contributed by atoms with van der Waals surface area (Å²) >= 11 is 0. The Morgan fingerprint density at radius 1 is 1.16 bits per heavy atom. The van der Waals surface area contributed by atoms with E-state index in [0.717, 1.165) is 25.7 Å². The van der Waals surface area contributed by atoms with Gasteiger partial charge >= 0.3 is 0 Å². The molecule has 1 saturated carbocycles. The molecule has 0 radical (unpaired) electrons. The smallest absolute Gasteiger partial charge is 0.236 e. The van der Waals surface area contributed by atoms with E-state index in [-0.39, 0.29) is 23.9 Å². The lowest BCUT2D eigenvalue weighted by Crippen LogP contribution is -2.50. The predicted octanol–water partition coefficient (Wildman–Crippen LogP) is 1.02. The highest BCUT2D eigenvalue weighted by molar-refractivity contribution is 5.81. The number of carbonyl (C=O) groups excluding carboxylic acids is 2. The first-order chi connectivity index (χ1) is 8.82. The van der Waals surface area contributed by atoms with Crippen molar-refractivity contribution in [2.45, 2.75) is 77.5 Å². The van der Waals surface area contributed by atoms with Gasteiger partial charge in [0.25, 0.3) is 0 Å². The minimum absolute atomic E-state index is 0.0873. The summed E-state index contributed by atoms with van der Waals surface area (Å²) in [6.45, 7) is 7.41. The van der Waals surface area contributed by atoms with Crippen LogP contribution in [0.2, 0.25) is 0 Å². The third-order valence-corrected chi connectivity index (χ3v) is 3.77. The number of nitrogens with zero attached hydrogens (tertiary/aromatic N) is 1. The fraction of sp³-hybridized carbons (Fsp3) is 0.857.